The molecule has 0 spiro atoms. The second-order valence-corrected chi connectivity index (χ2v) is 6.27. The monoisotopic (exact) mass is 279 g/mol. The highest BCUT2D eigenvalue weighted by molar-refractivity contribution is 5.50. The van der Waals surface area contributed by atoms with Crippen LogP contribution in [0.3, 0.4) is 0 Å². The summed E-state index contributed by atoms with van der Waals surface area (Å²) < 4.78 is 0. The topological polar surface area (TPSA) is 37.8 Å². The fraction of sp³-hybridized carbons (Fsp3) is 0.444. The third kappa shape index (κ3) is 2.41. The van der Waals surface area contributed by atoms with Crippen LogP contribution in [0.4, 0.5) is 5.82 Å². The van der Waals surface area contributed by atoms with Crippen LogP contribution in [0.15, 0.2) is 24.3 Å². The van der Waals surface area contributed by atoms with E-state index in [2.05, 4.69) is 34.6 Å². The summed E-state index contributed by atoms with van der Waals surface area (Å²) in [4.78, 5) is 9.33. The maximum atomic E-state index is 4.69. The van der Waals surface area contributed by atoms with Gasteiger partial charge in [0.25, 0.3) is 0 Å². The van der Waals surface area contributed by atoms with Gasteiger partial charge in [0, 0.05) is 17.3 Å². The number of nitrogens with zero attached hydrogens (tertiary/aromatic N) is 2. The summed E-state index contributed by atoms with van der Waals surface area (Å²) in [6, 6.07) is 9.24. The van der Waals surface area contributed by atoms with Crippen LogP contribution >= 0.6 is 0 Å². The number of aryl methyl sites for hydroxylation is 2. The first-order valence-corrected chi connectivity index (χ1v) is 7.99. The molecule has 2 aliphatic carbocycles. The molecule has 0 amide bonds. The van der Waals surface area contributed by atoms with Crippen molar-refractivity contribution in [2.45, 2.75) is 51.5 Å². The summed E-state index contributed by atoms with van der Waals surface area (Å²) in [7, 11) is 0. The van der Waals surface area contributed by atoms with Gasteiger partial charge in [-0.1, -0.05) is 24.3 Å². The minimum atomic E-state index is 0.475. The molecular weight excluding hydrogens is 258 g/mol. The molecule has 0 radical (unpaired) electrons. The molecule has 1 N–H and O–H groups in total. The molecule has 0 fully saturated rings. The zero-order valence-corrected chi connectivity index (χ0v) is 12.5. The first kappa shape index (κ1) is 12.8. The van der Waals surface area contributed by atoms with Gasteiger partial charge in [0.15, 0.2) is 0 Å². The average Bonchev–Trinajstić information content (AvgIpc) is 2.89. The van der Waals surface area contributed by atoms with Gasteiger partial charge in [-0.2, -0.15) is 0 Å². The zero-order chi connectivity index (χ0) is 14.2. The number of hydrogen-bond donors (Lipinski definition) is 1. The number of fused-ring (bicyclic) bond motifs is 2. The van der Waals surface area contributed by atoms with Crippen molar-refractivity contribution in [1.82, 2.24) is 9.97 Å². The zero-order valence-electron chi connectivity index (χ0n) is 12.5. The summed E-state index contributed by atoms with van der Waals surface area (Å²) in [5.74, 6) is 1.99. The highest BCUT2D eigenvalue weighted by Gasteiger charge is 2.24. The van der Waals surface area contributed by atoms with Gasteiger partial charge in [0.1, 0.15) is 11.6 Å². The molecule has 0 unspecified atom stereocenters. The van der Waals surface area contributed by atoms with Gasteiger partial charge in [-0.05, 0) is 56.6 Å². The molecule has 0 saturated carbocycles. The predicted octanol–water partition coefficient (Wildman–Crippen LogP) is 3.24. The van der Waals surface area contributed by atoms with E-state index in [1.165, 1.54) is 35.2 Å². The predicted molar refractivity (Wildman–Crippen MR) is 84.7 cm³/mol. The van der Waals surface area contributed by atoms with Crippen LogP contribution in [0, 0.1) is 6.92 Å². The fourth-order valence-corrected chi connectivity index (χ4v) is 3.69. The first-order chi connectivity index (χ1) is 10.3. The Hall–Kier alpha value is -1.90. The molecule has 0 atom stereocenters. The molecule has 1 aromatic heterocycles. The van der Waals surface area contributed by atoms with Crippen molar-refractivity contribution < 1.29 is 0 Å². The van der Waals surface area contributed by atoms with Crippen molar-refractivity contribution in [3.63, 3.8) is 0 Å². The molecule has 3 nitrogen and oxygen atoms in total. The fourth-order valence-electron chi connectivity index (χ4n) is 3.69. The molecule has 1 aromatic carbocycles. The van der Waals surface area contributed by atoms with Crippen LogP contribution in [0.2, 0.25) is 0 Å². The maximum Gasteiger partial charge on any atom is 0.133 e. The number of nitrogens with one attached hydrogen (secondary N) is 1. The summed E-state index contributed by atoms with van der Waals surface area (Å²) in [5.41, 5.74) is 5.60. The number of anilines is 1. The summed E-state index contributed by atoms with van der Waals surface area (Å²) in [6.45, 7) is 2.00. The van der Waals surface area contributed by atoms with Crippen molar-refractivity contribution in [2.24, 2.45) is 0 Å². The van der Waals surface area contributed by atoms with Gasteiger partial charge in [-0.25, -0.2) is 9.97 Å². The Morgan fingerprint density at radius 3 is 2.48 bits per heavy atom. The van der Waals surface area contributed by atoms with Crippen LogP contribution in [-0.4, -0.2) is 16.0 Å². The van der Waals surface area contributed by atoms with Crippen LogP contribution in [-0.2, 0) is 25.7 Å². The Kier molecular flexibility index (Phi) is 3.13. The smallest absolute Gasteiger partial charge is 0.133 e. The highest BCUT2D eigenvalue weighted by atomic mass is 15.1. The SMILES string of the molecule is Cc1nc2c(c(NC3Cc4ccccc4C3)n1)CCCC2. The summed E-state index contributed by atoms with van der Waals surface area (Å²) in [6.07, 6.45) is 6.97. The largest absolute Gasteiger partial charge is 0.366 e. The van der Waals surface area contributed by atoms with Gasteiger partial charge in [0.2, 0.25) is 0 Å². The van der Waals surface area contributed by atoms with E-state index in [1.807, 2.05) is 6.92 Å². The Balaban J connectivity index is 1.60. The Labute approximate surface area is 125 Å². The average molecular weight is 279 g/mol. The second kappa shape index (κ2) is 5.14. The van der Waals surface area contributed by atoms with E-state index >= 15 is 0 Å². The first-order valence-electron chi connectivity index (χ1n) is 7.99. The summed E-state index contributed by atoms with van der Waals surface area (Å²) >= 11 is 0. The van der Waals surface area contributed by atoms with Crippen LogP contribution in [0.1, 0.15) is 41.1 Å². The molecule has 21 heavy (non-hydrogen) atoms. The molecule has 108 valence electrons. The lowest BCUT2D eigenvalue weighted by atomic mass is 9.96. The minimum Gasteiger partial charge on any atom is -0.366 e. The third-order valence-electron chi connectivity index (χ3n) is 4.69. The highest BCUT2D eigenvalue weighted by Crippen LogP contribution is 2.29. The van der Waals surface area contributed by atoms with Crippen LogP contribution < -0.4 is 5.32 Å². The Bertz CT molecular complexity index is 653. The third-order valence-corrected chi connectivity index (χ3v) is 4.69. The van der Waals surface area contributed by atoms with Crippen molar-refractivity contribution in [1.29, 1.82) is 0 Å². The number of hydrogen-bond acceptors (Lipinski definition) is 3. The van der Waals surface area contributed by atoms with Gasteiger partial charge in [-0.3, -0.25) is 0 Å². The molecule has 0 bridgehead atoms. The molecule has 1 heterocycles. The lowest BCUT2D eigenvalue weighted by molar-refractivity contribution is 0.655. The van der Waals surface area contributed by atoms with Crippen molar-refractivity contribution >= 4 is 5.82 Å². The Morgan fingerprint density at radius 2 is 1.71 bits per heavy atom. The van der Waals surface area contributed by atoms with E-state index in [-0.39, 0.29) is 0 Å². The lowest BCUT2D eigenvalue weighted by Gasteiger charge is -2.21. The van der Waals surface area contributed by atoms with Crippen LogP contribution in [0.25, 0.3) is 0 Å². The van der Waals surface area contributed by atoms with E-state index in [9.17, 15) is 0 Å². The van der Waals surface area contributed by atoms with E-state index in [1.54, 1.807) is 0 Å². The second-order valence-electron chi connectivity index (χ2n) is 6.27. The molecule has 0 saturated heterocycles. The number of benzene rings is 1. The van der Waals surface area contributed by atoms with Crippen LogP contribution in [0.5, 0.6) is 0 Å². The van der Waals surface area contributed by atoms with E-state index in [4.69, 9.17) is 4.98 Å². The van der Waals surface area contributed by atoms with Crippen molar-refractivity contribution in [3.8, 4) is 0 Å². The maximum absolute atomic E-state index is 4.69. The van der Waals surface area contributed by atoms with Gasteiger partial charge >= 0.3 is 0 Å². The Morgan fingerprint density at radius 1 is 1.00 bits per heavy atom. The van der Waals surface area contributed by atoms with Gasteiger partial charge in [-0.15, -0.1) is 0 Å². The van der Waals surface area contributed by atoms with E-state index in [0.29, 0.717) is 6.04 Å². The molecule has 2 aliphatic rings. The van der Waals surface area contributed by atoms with Crippen molar-refractivity contribution in [3.05, 3.63) is 52.5 Å². The number of rotatable bonds is 2. The molecular formula is C18H21N3. The quantitative estimate of drug-likeness (QED) is 0.917. The van der Waals surface area contributed by atoms with Gasteiger partial charge in [0.05, 0.1) is 0 Å². The van der Waals surface area contributed by atoms with E-state index < -0.39 is 0 Å². The molecule has 2 aromatic rings. The van der Waals surface area contributed by atoms with Crippen molar-refractivity contribution in [2.75, 3.05) is 5.32 Å². The molecule has 3 heteroatoms. The summed E-state index contributed by atoms with van der Waals surface area (Å²) in [5, 5.41) is 3.71. The molecule has 4 rings (SSSR count). The van der Waals surface area contributed by atoms with E-state index in [0.717, 1.165) is 37.3 Å². The molecule has 0 aliphatic heterocycles. The standard InChI is InChI=1S/C18H21N3/c1-12-19-17-9-5-4-8-16(17)18(20-12)21-15-10-13-6-2-3-7-14(13)11-15/h2-3,6-7,15H,4-5,8-11H2,1H3,(H,19,20,21). The minimum absolute atomic E-state index is 0.475. The van der Waals surface area contributed by atoms with Gasteiger partial charge < -0.3 is 5.32 Å². The number of aromatic nitrogens is 2. The lowest BCUT2D eigenvalue weighted by Crippen LogP contribution is -2.23. The normalized spacial score (nSPS) is 17.4.